The lowest BCUT2D eigenvalue weighted by Gasteiger charge is -2.38. The van der Waals surface area contributed by atoms with E-state index in [1.54, 1.807) is 19.2 Å². The van der Waals surface area contributed by atoms with Crippen LogP contribution >= 0.6 is 0 Å². The number of fused-ring (bicyclic) bond motifs is 3. The standard InChI is InChI=1S/C25H19N5O4/c1-33-18-11-9-15(10-12-18)23-21-22(28-25-26-14-27-29(23)25)19-7-2-3-8-20(19)34-24(21)16-5-4-6-17(13-16)30(31)32/h2-14,23-24H,1H3,(H,26,27,28)/t23-,24-/m1/s1. The Hall–Kier alpha value is -4.66. The molecule has 9 nitrogen and oxygen atoms in total. The number of nitrogens with one attached hydrogen (secondary N) is 1. The lowest BCUT2D eigenvalue weighted by molar-refractivity contribution is -0.385. The molecule has 0 spiro atoms. The van der Waals surface area contributed by atoms with Gasteiger partial charge in [-0.1, -0.05) is 36.4 Å². The number of methoxy groups -OCH3 is 1. The molecule has 0 aliphatic carbocycles. The Bertz CT molecular complexity index is 1440. The molecule has 0 saturated carbocycles. The minimum absolute atomic E-state index is 0.00770. The molecular formula is C25H19N5O4. The second-order valence-electron chi connectivity index (χ2n) is 8.01. The zero-order valence-corrected chi connectivity index (χ0v) is 18.1. The van der Waals surface area contributed by atoms with E-state index in [-0.39, 0.29) is 11.7 Å². The minimum atomic E-state index is -0.582. The number of ether oxygens (including phenoxy) is 2. The summed E-state index contributed by atoms with van der Waals surface area (Å²) in [5, 5.41) is 19.4. The highest BCUT2D eigenvalue weighted by atomic mass is 16.6. The van der Waals surface area contributed by atoms with Gasteiger partial charge in [0.2, 0.25) is 5.95 Å². The van der Waals surface area contributed by atoms with Crippen LogP contribution in [-0.4, -0.2) is 26.8 Å². The van der Waals surface area contributed by atoms with E-state index in [0.29, 0.717) is 17.3 Å². The lowest BCUT2D eigenvalue weighted by atomic mass is 9.84. The summed E-state index contributed by atoms with van der Waals surface area (Å²) in [4.78, 5) is 15.5. The van der Waals surface area contributed by atoms with Crippen LogP contribution in [0.25, 0.3) is 5.70 Å². The number of non-ortho nitro benzene ring substituents is 1. The Morgan fingerprint density at radius 2 is 1.88 bits per heavy atom. The molecule has 0 unspecified atom stereocenters. The topological polar surface area (TPSA) is 104 Å². The van der Waals surface area contributed by atoms with Gasteiger partial charge in [-0.3, -0.25) is 10.1 Å². The van der Waals surface area contributed by atoms with Crippen LogP contribution in [0.2, 0.25) is 0 Å². The molecule has 9 heteroatoms. The van der Waals surface area contributed by atoms with Crippen molar-refractivity contribution in [2.45, 2.75) is 12.1 Å². The van der Waals surface area contributed by atoms with Crippen molar-refractivity contribution in [3.05, 3.63) is 112 Å². The van der Waals surface area contributed by atoms with Crippen molar-refractivity contribution in [1.29, 1.82) is 0 Å². The van der Waals surface area contributed by atoms with Crippen LogP contribution in [0.15, 0.2) is 84.7 Å². The van der Waals surface area contributed by atoms with Gasteiger partial charge in [-0.25, -0.2) is 4.68 Å². The van der Waals surface area contributed by atoms with Crippen LogP contribution in [0.1, 0.15) is 28.8 Å². The van der Waals surface area contributed by atoms with Gasteiger partial charge in [0.25, 0.3) is 5.69 Å². The van der Waals surface area contributed by atoms with E-state index in [4.69, 9.17) is 9.47 Å². The monoisotopic (exact) mass is 453 g/mol. The summed E-state index contributed by atoms with van der Waals surface area (Å²) in [6.45, 7) is 0. The van der Waals surface area contributed by atoms with Gasteiger partial charge in [0.05, 0.1) is 17.7 Å². The molecule has 3 heterocycles. The van der Waals surface area contributed by atoms with Crippen LogP contribution < -0.4 is 14.8 Å². The molecule has 0 radical (unpaired) electrons. The number of nitro groups is 1. The second kappa shape index (κ2) is 7.73. The molecule has 0 saturated heterocycles. The summed E-state index contributed by atoms with van der Waals surface area (Å²) >= 11 is 0. The van der Waals surface area contributed by atoms with Gasteiger partial charge in [-0.2, -0.15) is 10.1 Å². The van der Waals surface area contributed by atoms with Crippen molar-refractivity contribution >= 4 is 17.3 Å². The Morgan fingerprint density at radius 3 is 2.68 bits per heavy atom. The third-order valence-corrected chi connectivity index (χ3v) is 6.14. The average Bonchev–Trinajstić information content (AvgIpc) is 3.35. The lowest BCUT2D eigenvalue weighted by Crippen LogP contribution is -2.32. The molecule has 168 valence electrons. The maximum Gasteiger partial charge on any atom is 0.269 e. The number of hydrogen-bond acceptors (Lipinski definition) is 7. The SMILES string of the molecule is COc1ccc([C@@H]2C3=C(Nc4ncnn42)c2ccccc2O[C@@H]3c2cccc([N+](=O)[O-])c2)cc1. The Labute approximate surface area is 194 Å². The molecule has 4 aromatic rings. The summed E-state index contributed by atoms with van der Waals surface area (Å²) in [6, 6.07) is 21.7. The van der Waals surface area contributed by atoms with E-state index in [0.717, 1.165) is 28.1 Å². The number of anilines is 1. The van der Waals surface area contributed by atoms with Gasteiger partial charge >= 0.3 is 0 Å². The predicted molar refractivity (Wildman–Crippen MR) is 125 cm³/mol. The summed E-state index contributed by atoms with van der Waals surface area (Å²) in [5.74, 6) is 2.03. The van der Waals surface area contributed by atoms with Crippen LogP contribution in [0.4, 0.5) is 11.6 Å². The van der Waals surface area contributed by atoms with Crippen LogP contribution in [0, 0.1) is 10.1 Å². The Balaban J connectivity index is 1.60. The van der Waals surface area contributed by atoms with E-state index in [1.807, 2.05) is 59.3 Å². The first kappa shape index (κ1) is 20.0. The Kier molecular flexibility index (Phi) is 4.54. The maximum absolute atomic E-state index is 11.5. The van der Waals surface area contributed by atoms with Gasteiger partial charge in [0.15, 0.2) is 0 Å². The summed E-state index contributed by atoms with van der Waals surface area (Å²) in [5.41, 5.74) is 4.29. The van der Waals surface area contributed by atoms with Gasteiger partial charge in [0, 0.05) is 28.8 Å². The molecule has 6 rings (SSSR count). The molecule has 3 aromatic carbocycles. The number of benzene rings is 3. The van der Waals surface area contributed by atoms with E-state index >= 15 is 0 Å². The van der Waals surface area contributed by atoms with Crippen LogP contribution in [0.3, 0.4) is 0 Å². The van der Waals surface area contributed by atoms with Crippen molar-refractivity contribution in [2.75, 3.05) is 12.4 Å². The third kappa shape index (κ3) is 3.09. The fraction of sp³-hybridized carbons (Fsp3) is 0.120. The predicted octanol–water partition coefficient (Wildman–Crippen LogP) is 4.75. The number of nitro benzene ring substituents is 1. The zero-order valence-electron chi connectivity index (χ0n) is 18.1. The highest BCUT2D eigenvalue weighted by molar-refractivity contribution is 5.85. The quantitative estimate of drug-likeness (QED) is 0.351. The van der Waals surface area contributed by atoms with E-state index < -0.39 is 11.0 Å². The van der Waals surface area contributed by atoms with Crippen LogP contribution in [0.5, 0.6) is 11.5 Å². The number of aromatic nitrogens is 3. The summed E-state index contributed by atoms with van der Waals surface area (Å²) in [7, 11) is 1.62. The van der Waals surface area contributed by atoms with Crippen molar-refractivity contribution in [3.8, 4) is 11.5 Å². The fourth-order valence-corrected chi connectivity index (χ4v) is 4.60. The molecule has 2 aliphatic rings. The van der Waals surface area contributed by atoms with Gasteiger partial charge in [0.1, 0.15) is 30.0 Å². The first-order chi connectivity index (χ1) is 16.6. The van der Waals surface area contributed by atoms with Crippen molar-refractivity contribution in [3.63, 3.8) is 0 Å². The zero-order chi connectivity index (χ0) is 23.2. The van der Waals surface area contributed by atoms with Crippen LogP contribution in [-0.2, 0) is 0 Å². The molecule has 1 N–H and O–H groups in total. The van der Waals surface area contributed by atoms with Crippen molar-refractivity contribution < 1.29 is 14.4 Å². The summed E-state index contributed by atoms with van der Waals surface area (Å²) in [6.07, 6.45) is 0.925. The first-order valence-corrected chi connectivity index (χ1v) is 10.7. The fourth-order valence-electron chi connectivity index (χ4n) is 4.60. The van der Waals surface area contributed by atoms with Crippen molar-refractivity contribution in [2.24, 2.45) is 0 Å². The number of rotatable bonds is 4. The van der Waals surface area contributed by atoms with E-state index in [9.17, 15) is 10.1 Å². The molecule has 1 aromatic heterocycles. The smallest absolute Gasteiger partial charge is 0.269 e. The van der Waals surface area contributed by atoms with Gasteiger partial charge in [-0.05, 0) is 29.8 Å². The van der Waals surface area contributed by atoms with Gasteiger partial charge in [-0.15, -0.1) is 0 Å². The summed E-state index contributed by atoms with van der Waals surface area (Å²) < 4.78 is 13.7. The molecule has 0 amide bonds. The number of nitrogens with zero attached hydrogens (tertiary/aromatic N) is 4. The first-order valence-electron chi connectivity index (χ1n) is 10.7. The molecule has 34 heavy (non-hydrogen) atoms. The Morgan fingerprint density at radius 1 is 1.06 bits per heavy atom. The molecular weight excluding hydrogens is 434 g/mol. The maximum atomic E-state index is 11.5. The molecule has 2 aliphatic heterocycles. The van der Waals surface area contributed by atoms with E-state index in [1.165, 1.54) is 12.4 Å². The van der Waals surface area contributed by atoms with E-state index in [2.05, 4.69) is 15.4 Å². The average molecular weight is 453 g/mol. The molecule has 0 bridgehead atoms. The number of para-hydroxylation sites is 1. The highest BCUT2D eigenvalue weighted by Gasteiger charge is 2.41. The number of hydrogen-bond donors (Lipinski definition) is 1. The molecule has 0 fully saturated rings. The minimum Gasteiger partial charge on any atom is -0.497 e. The molecule has 2 atom stereocenters. The van der Waals surface area contributed by atoms with Crippen molar-refractivity contribution in [1.82, 2.24) is 14.8 Å². The van der Waals surface area contributed by atoms with Gasteiger partial charge < -0.3 is 14.8 Å². The highest BCUT2D eigenvalue weighted by Crippen LogP contribution is 2.50. The largest absolute Gasteiger partial charge is 0.497 e. The normalized spacial score (nSPS) is 18.1. The second-order valence-corrected chi connectivity index (χ2v) is 8.01. The third-order valence-electron chi connectivity index (χ3n) is 6.14.